The van der Waals surface area contributed by atoms with Crippen LogP contribution in [0, 0.1) is 0 Å². The largest absolute Gasteiger partial charge is 0.309 e. The first kappa shape index (κ1) is 32.5. The van der Waals surface area contributed by atoms with Crippen LogP contribution in [0.5, 0.6) is 0 Å². The van der Waals surface area contributed by atoms with Crippen LogP contribution in [0.2, 0.25) is 0 Å². The van der Waals surface area contributed by atoms with Crippen molar-refractivity contribution in [1.29, 1.82) is 0 Å². The topological polar surface area (TPSA) is 22.2 Å². The van der Waals surface area contributed by atoms with Gasteiger partial charge in [0.05, 0.1) is 32.5 Å². The fourth-order valence-corrected chi connectivity index (χ4v) is 10.6. The predicted molar refractivity (Wildman–Crippen MR) is 251 cm³/mol. The Labute approximate surface area is 343 Å². The smallest absolute Gasteiger partial charge is 0.156 e. The van der Waals surface area contributed by atoms with Gasteiger partial charge in [0.15, 0.2) is 5.65 Å². The summed E-state index contributed by atoms with van der Waals surface area (Å²) in [5.74, 6) is 0. The fraction of sp³-hybridized carbons (Fsp3) is 0. The Balaban J connectivity index is 0.907. The minimum Gasteiger partial charge on any atom is -0.309 e. The van der Waals surface area contributed by atoms with Crippen molar-refractivity contribution in [2.45, 2.75) is 0 Å². The van der Waals surface area contributed by atoms with Crippen LogP contribution < -0.4 is 0 Å². The Hall–Kier alpha value is -7.53. The van der Waals surface area contributed by atoms with E-state index in [4.69, 9.17) is 4.98 Å². The van der Waals surface area contributed by atoms with E-state index in [0.29, 0.717) is 0 Å². The van der Waals surface area contributed by atoms with Gasteiger partial charge < -0.3 is 4.57 Å². The van der Waals surface area contributed by atoms with Crippen LogP contribution >= 0.6 is 11.3 Å². The van der Waals surface area contributed by atoms with Crippen LogP contribution in [0.3, 0.4) is 0 Å². The van der Waals surface area contributed by atoms with Gasteiger partial charge in [-0.2, -0.15) is 0 Å². The highest BCUT2D eigenvalue weighted by Gasteiger charge is 2.19. The van der Waals surface area contributed by atoms with Crippen LogP contribution in [0.1, 0.15) is 0 Å². The van der Waals surface area contributed by atoms with Crippen LogP contribution in [0.25, 0.3) is 119 Å². The second-order valence-electron chi connectivity index (χ2n) is 15.6. The lowest BCUT2D eigenvalue weighted by atomic mass is 9.98. The molecule has 0 bridgehead atoms. The standard InChI is InChI=1S/C55H33N3S/c1-2-12-43(13-3-1)57-49-16-8-6-14-44(49)46-30-40(26-27-50(46)57)36-20-18-34(19-21-36)35-22-24-37(25-23-35)51-33-47-45-15-7-9-17-53(45)59-54(47)55-56-48-31-41-28-38-10-4-5-11-39(38)29-42(41)32-52(48)58(51)55/h1-33H. The van der Waals surface area contributed by atoms with Crippen LogP contribution in [-0.4, -0.2) is 14.0 Å². The van der Waals surface area contributed by atoms with Gasteiger partial charge in [0.2, 0.25) is 0 Å². The van der Waals surface area contributed by atoms with Crippen molar-refractivity contribution in [3.05, 3.63) is 200 Å². The number of hydrogen-bond donors (Lipinski definition) is 0. The Morgan fingerprint density at radius 2 is 0.966 bits per heavy atom. The van der Waals surface area contributed by atoms with Gasteiger partial charge in [0.1, 0.15) is 0 Å². The molecule has 0 saturated carbocycles. The highest BCUT2D eigenvalue weighted by atomic mass is 32.1. The van der Waals surface area contributed by atoms with E-state index in [-0.39, 0.29) is 0 Å². The number of nitrogens with zero attached hydrogens (tertiary/aromatic N) is 3. The van der Waals surface area contributed by atoms with Crippen molar-refractivity contribution in [3.8, 4) is 39.2 Å². The summed E-state index contributed by atoms with van der Waals surface area (Å²) < 4.78 is 7.26. The lowest BCUT2D eigenvalue weighted by Crippen LogP contribution is -1.93. The first-order valence-corrected chi connectivity index (χ1v) is 20.9. The third kappa shape index (κ3) is 4.97. The SMILES string of the molecule is c1ccc(-n2c3ccccc3c3cc(-c4ccc(-c5ccc(-c6cc7c8ccccc8sc7c7nc8cc9cc%10ccccc%10cc9cc8n67)cc5)cc4)ccc32)cc1. The van der Waals surface area contributed by atoms with E-state index in [2.05, 4.69) is 209 Å². The summed E-state index contributed by atoms with van der Waals surface area (Å²) in [5, 5.41) is 9.97. The number of thiophene rings is 1. The summed E-state index contributed by atoms with van der Waals surface area (Å²) in [6.07, 6.45) is 0. The first-order chi connectivity index (χ1) is 29.2. The normalized spacial score (nSPS) is 12.1. The molecule has 0 aliphatic rings. The van der Waals surface area contributed by atoms with E-state index < -0.39 is 0 Å². The molecule has 0 amide bonds. The van der Waals surface area contributed by atoms with E-state index in [1.54, 1.807) is 0 Å². The lowest BCUT2D eigenvalue weighted by Gasteiger charge is -2.11. The fourth-order valence-electron chi connectivity index (χ4n) is 9.40. The van der Waals surface area contributed by atoms with Gasteiger partial charge in [-0.3, -0.25) is 4.40 Å². The van der Waals surface area contributed by atoms with Gasteiger partial charge in [0, 0.05) is 31.9 Å². The number of pyridine rings is 1. The Morgan fingerprint density at radius 3 is 1.73 bits per heavy atom. The molecule has 4 heterocycles. The molecule has 0 N–H and O–H groups in total. The number of imidazole rings is 1. The van der Waals surface area contributed by atoms with Crippen molar-refractivity contribution >= 4 is 91.5 Å². The van der Waals surface area contributed by atoms with Crippen molar-refractivity contribution < 1.29 is 0 Å². The molecular formula is C55H33N3S. The van der Waals surface area contributed by atoms with E-state index in [0.717, 1.165) is 27.9 Å². The van der Waals surface area contributed by atoms with Crippen molar-refractivity contribution in [1.82, 2.24) is 14.0 Å². The molecular weight excluding hydrogens is 735 g/mol. The minimum atomic E-state index is 1.01. The molecule has 4 heteroatoms. The number of hydrogen-bond acceptors (Lipinski definition) is 2. The van der Waals surface area contributed by atoms with Gasteiger partial charge in [0.25, 0.3) is 0 Å². The molecule has 274 valence electrons. The Kier molecular flexibility index (Phi) is 6.89. The Bertz CT molecular complexity index is 3810. The van der Waals surface area contributed by atoms with Gasteiger partial charge in [-0.25, -0.2) is 4.98 Å². The monoisotopic (exact) mass is 767 g/mol. The average molecular weight is 768 g/mol. The summed E-state index contributed by atoms with van der Waals surface area (Å²) in [7, 11) is 0. The van der Waals surface area contributed by atoms with E-state index in [1.807, 2.05) is 11.3 Å². The maximum atomic E-state index is 5.37. The summed E-state index contributed by atoms with van der Waals surface area (Å²) in [5.41, 5.74) is 13.9. The molecule has 0 aliphatic heterocycles. The zero-order chi connectivity index (χ0) is 38.6. The molecule has 0 unspecified atom stereocenters. The van der Waals surface area contributed by atoms with Crippen LogP contribution in [-0.2, 0) is 0 Å². The molecule has 13 aromatic rings. The molecule has 59 heavy (non-hydrogen) atoms. The first-order valence-electron chi connectivity index (χ1n) is 20.1. The average Bonchev–Trinajstić information content (AvgIpc) is 3.97. The predicted octanol–water partition coefficient (Wildman–Crippen LogP) is 15.3. The zero-order valence-corrected chi connectivity index (χ0v) is 32.6. The maximum absolute atomic E-state index is 5.37. The third-order valence-corrected chi connectivity index (χ3v) is 13.4. The second kappa shape index (κ2) is 12.5. The zero-order valence-electron chi connectivity index (χ0n) is 31.8. The molecule has 0 saturated heterocycles. The summed E-state index contributed by atoms with van der Waals surface area (Å²) >= 11 is 1.83. The summed E-state index contributed by atoms with van der Waals surface area (Å²) in [6, 6.07) is 73.2. The third-order valence-electron chi connectivity index (χ3n) is 12.3. The number of aromatic nitrogens is 3. The van der Waals surface area contributed by atoms with Gasteiger partial charge in [-0.05, 0) is 116 Å². The maximum Gasteiger partial charge on any atom is 0.156 e. The second-order valence-corrected chi connectivity index (χ2v) is 16.7. The minimum absolute atomic E-state index is 1.01. The van der Waals surface area contributed by atoms with E-state index >= 15 is 0 Å². The van der Waals surface area contributed by atoms with E-state index in [9.17, 15) is 0 Å². The van der Waals surface area contributed by atoms with Crippen molar-refractivity contribution in [3.63, 3.8) is 0 Å². The molecule has 0 atom stereocenters. The highest BCUT2D eigenvalue weighted by molar-refractivity contribution is 7.26. The van der Waals surface area contributed by atoms with Crippen LogP contribution in [0.4, 0.5) is 0 Å². The number of rotatable bonds is 4. The number of fused-ring (bicyclic) bond motifs is 12. The molecule has 4 aromatic heterocycles. The quantitative estimate of drug-likeness (QED) is 0.164. The van der Waals surface area contributed by atoms with Gasteiger partial charge >= 0.3 is 0 Å². The van der Waals surface area contributed by atoms with Crippen molar-refractivity contribution in [2.75, 3.05) is 0 Å². The molecule has 9 aromatic carbocycles. The molecule has 0 aliphatic carbocycles. The van der Waals surface area contributed by atoms with Gasteiger partial charge in [-0.1, -0.05) is 133 Å². The molecule has 13 rings (SSSR count). The lowest BCUT2D eigenvalue weighted by molar-refractivity contribution is 1.18. The van der Waals surface area contributed by atoms with Crippen molar-refractivity contribution in [2.24, 2.45) is 0 Å². The van der Waals surface area contributed by atoms with Gasteiger partial charge in [-0.15, -0.1) is 11.3 Å². The Morgan fingerprint density at radius 1 is 0.373 bits per heavy atom. The number of benzene rings is 9. The number of para-hydroxylation sites is 2. The van der Waals surface area contributed by atoms with E-state index in [1.165, 1.54) is 91.5 Å². The highest BCUT2D eigenvalue weighted by Crippen LogP contribution is 2.42. The molecule has 0 spiro atoms. The molecule has 0 fully saturated rings. The molecule has 0 radical (unpaired) electrons. The van der Waals surface area contributed by atoms with Crippen LogP contribution in [0.15, 0.2) is 200 Å². The molecule has 3 nitrogen and oxygen atoms in total. The summed E-state index contributed by atoms with van der Waals surface area (Å²) in [6.45, 7) is 0. The summed E-state index contributed by atoms with van der Waals surface area (Å²) in [4.78, 5) is 5.37.